The Balaban J connectivity index is 2.24. The van der Waals surface area contributed by atoms with E-state index in [-0.39, 0.29) is 0 Å². The van der Waals surface area contributed by atoms with E-state index in [2.05, 4.69) is 37.4 Å². The van der Waals surface area contributed by atoms with Gasteiger partial charge in [-0.3, -0.25) is 5.32 Å². The molecular formula is C19H24N2O2. The van der Waals surface area contributed by atoms with Gasteiger partial charge in [0.15, 0.2) is 0 Å². The van der Waals surface area contributed by atoms with E-state index in [1.165, 1.54) is 11.1 Å². The first-order chi connectivity index (χ1) is 10.7. The van der Waals surface area contributed by atoms with Gasteiger partial charge in [-0.05, 0) is 63.4 Å². The molecule has 4 heteroatoms. The summed E-state index contributed by atoms with van der Waals surface area (Å²) in [4.78, 5) is 11.8. The van der Waals surface area contributed by atoms with Crippen molar-refractivity contribution in [2.24, 2.45) is 0 Å². The van der Waals surface area contributed by atoms with Crippen molar-refractivity contribution in [1.29, 1.82) is 0 Å². The van der Waals surface area contributed by atoms with E-state index in [1.54, 1.807) is 6.07 Å². The lowest BCUT2D eigenvalue weighted by Gasteiger charge is -2.20. The number of amides is 1. The maximum atomic E-state index is 11.8. The van der Waals surface area contributed by atoms with Crippen LogP contribution in [0.4, 0.5) is 16.2 Å². The second-order valence-electron chi connectivity index (χ2n) is 6.75. The number of carbonyl (C=O) groups is 1. The molecule has 0 heterocycles. The minimum Gasteiger partial charge on any atom is -0.444 e. The first-order valence-electron chi connectivity index (χ1n) is 7.63. The summed E-state index contributed by atoms with van der Waals surface area (Å²) in [5, 5.41) is 2.69. The number of ether oxygens (including phenoxy) is 1. The van der Waals surface area contributed by atoms with Crippen LogP contribution in [0.1, 0.15) is 31.9 Å². The molecule has 2 aromatic carbocycles. The van der Waals surface area contributed by atoms with Gasteiger partial charge in [0.2, 0.25) is 0 Å². The van der Waals surface area contributed by atoms with Crippen molar-refractivity contribution < 1.29 is 9.53 Å². The molecule has 0 aliphatic carbocycles. The third kappa shape index (κ3) is 4.49. The zero-order valence-electron chi connectivity index (χ0n) is 14.4. The fraction of sp³-hybridized carbons (Fsp3) is 0.316. The molecule has 0 unspecified atom stereocenters. The van der Waals surface area contributed by atoms with Crippen molar-refractivity contribution in [2.45, 2.75) is 40.2 Å². The largest absolute Gasteiger partial charge is 0.444 e. The van der Waals surface area contributed by atoms with Crippen LogP contribution >= 0.6 is 0 Å². The third-order valence-corrected chi connectivity index (χ3v) is 3.39. The number of rotatable bonds is 2. The molecule has 3 N–H and O–H groups in total. The van der Waals surface area contributed by atoms with Gasteiger partial charge < -0.3 is 10.5 Å². The molecule has 0 aliphatic heterocycles. The lowest BCUT2D eigenvalue weighted by molar-refractivity contribution is 0.0636. The van der Waals surface area contributed by atoms with Gasteiger partial charge in [0, 0.05) is 0 Å². The van der Waals surface area contributed by atoms with Crippen LogP contribution in [0.15, 0.2) is 36.4 Å². The molecule has 2 aromatic rings. The molecule has 2 rings (SSSR count). The number of nitrogens with two attached hydrogens (primary N) is 1. The van der Waals surface area contributed by atoms with E-state index in [4.69, 9.17) is 10.5 Å². The van der Waals surface area contributed by atoms with Gasteiger partial charge in [-0.25, -0.2) is 4.79 Å². The standard InChI is InChI=1S/C19H24N2O2/c1-12-6-7-13(2)15(10-12)14-8-9-17(16(20)11-14)21-18(22)23-19(3,4)5/h6-11H,20H2,1-5H3,(H,21,22). The molecule has 0 aromatic heterocycles. The second-order valence-corrected chi connectivity index (χ2v) is 6.75. The summed E-state index contributed by atoms with van der Waals surface area (Å²) in [6, 6.07) is 11.9. The van der Waals surface area contributed by atoms with Crippen LogP contribution in [0.5, 0.6) is 0 Å². The number of benzene rings is 2. The topological polar surface area (TPSA) is 64.3 Å². The molecular weight excluding hydrogens is 288 g/mol. The van der Waals surface area contributed by atoms with Crippen molar-refractivity contribution in [2.75, 3.05) is 11.1 Å². The normalized spacial score (nSPS) is 11.2. The highest BCUT2D eigenvalue weighted by molar-refractivity contribution is 5.90. The highest BCUT2D eigenvalue weighted by Gasteiger charge is 2.17. The number of hydrogen-bond donors (Lipinski definition) is 2. The SMILES string of the molecule is Cc1ccc(C)c(-c2ccc(NC(=O)OC(C)(C)C)c(N)c2)c1. The van der Waals surface area contributed by atoms with Crippen LogP contribution in [-0.4, -0.2) is 11.7 Å². The zero-order chi connectivity index (χ0) is 17.2. The first kappa shape index (κ1) is 16.9. The summed E-state index contributed by atoms with van der Waals surface area (Å²) in [7, 11) is 0. The van der Waals surface area contributed by atoms with Crippen LogP contribution < -0.4 is 11.1 Å². The summed E-state index contributed by atoms with van der Waals surface area (Å²) < 4.78 is 5.24. The lowest BCUT2D eigenvalue weighted by atomic mass is 9.98. The molecule has 0 radical (unpaired) electrons. The molecule has 0 saturated carbocycles. The number of anilines is 2. The van der Waals surface area contributed by atoms with Gasteiger partial charge >= 0.3 is 6.09 Å². The van der Waals surface area contributed by atoms with Crippen molar-refractivity contribution in [3.05, 3.63) is 47.5 Å². The van der Waals surface area contributed by atoms with Gasteiger partial charge in [0.1, 0.15) is 5.60 Å². The smallest absolute Gasteiger partial charge is 0.412 e. The highest BCUT2D eigenvalue weighted by Crippen LogP contribution is 2.30. The van der Waals surface area contributed by atoms with Crippen LogP contribution in [0.3, 0.4) is 0 Å². The second kappa shape index (κ2) is 6.32. The fourth-order valence-corrected chi connectivity index (χ4v) is 2.30. The summed E-state index contributed by atoms with van der Waals surface area (Å²) in [6.07, 6.45) is -0.510. The van der Waals surface area contributed by atoms with Crippen LogP contribution in [0, 0.1) is 13.8 Å². The average molecular weight is 312 g/mol. The quantitative estimate of drug-likeness (QED) is 0.775. The predicted molar refractivity (Wildman–Crippen MR) is 95.6 cm³/mol. The van der Waals surface area contributed by atoms with Crippen LogP contribution in [-0.2, 0) is 4.74 Å². The molecule has 4 nitrogen and oxygen atoms in total. The molecule has 0 saturated heterocycles. The molecule has 0 fully saturated rings. The van der Waals surface area contributed by atoms with Gasteiger partial charge in [-0.1, -0.05) is 29.8 Å². The predicted octanol–water partition coefficient (Wildman–Crippen LogP) is 4.90. The summed E-state index contributed by atoms with van der Waals surface area (Å²) >= 11 is 0. The zero-order valence-corrected chi connectivity index (χ0v) is 14.4. The Labute approximate surface area is 137 Å². The van der Waals surface area contributed by atoms with E-state index in [9.17, 15) is 4.79 Å². The Kier molecular flexibility index (Phi) is 4.64. The minimum atomic E-state index is -0.544. The van der Waals surface area contributed by atoms with Crippen molar-refractivity contribution in [3.63, 3.8) is 0 Å². The third-order valence-electron chi connectivity index (χ3n) is 3.39. The van der Waals surface area contributed by atoms with Gasteiger partial charge in [-0.2, -0.15) is 0 Å². The summed E-state index contributed by atoms with van der Waals surface area (Å²) in [5.41, 5.74) is 11.1. The number of nitrogens with one attached hydrogen (secondary N) is 1. The molecule has 0 aliphatic rings. The van der Waals surface area contributed by atoms with E-state index >= 15 is 0 Å². The van der Waals surface area contributed by atoms with Crippen LogP contribution in [0.2, 0.25) is 0 Å². The minimum absolute atomic E-state index is 0.509. The number of carbonyl (C=O) groups excluding carboxylic acids is 1. The molecule has 0 spiro atoms. The molecule has 122 valence electrons. The number of hydrogen-bond acceptors (Lipinski definition) is 3. The van der Waals surface area contributed by atoms with Gasteiger partial charge in [-0.15, -0.1) is 0 Å². The van der Waals surface area contributed by atoms with E-state index < -0.39 is 11.7 Å². The number of aryl methyl sites for hydroxylation is 2. The van der Waals surface area contributed by atoms with Crippen molar-refractivity contribution in [3.8, 4) is 11.1 Å². The summed E-state index contributed by atoms with van der Waals surface area (Å²) in [6.45, 7) is 9.58. The molecule has 1 amide bonds. The van der Waals surface area contributed by atoms with Crippen molar-refractivity contribution >= 4 is 17.5 Å². The van der Waals surface area contributed by atoms with Gasteiger partial charge in [0.25, 0.3) is 0 Å². The Morgan fingerprint density at radius 2 is 1.78 bits per heavy atom. The van der Waals surface area contributed by atoms with E-state index in [1.807, 2.05) is 32.9 Å². The monoisotopic (exact) mass is 312 g/mol. The number of nitrogen functional groups attached to an aromatic ring is 1. The van der Waals surface area contributed by atoms with Gasteiger partial charge in [0.05, 0.1) is 11.4 Å². The fourth-order valence-electron chi connectivity index (χ4n) is 2.30. The Bertz CT molecular complexity index is 731. The maximum absolute atomic E-state index is 11.8. The molecule has 23 heavy (non-hydrogen) atoms. The molecule has 0 bridgehead atoms. The molecule has 0 atom stereocenters. The lowest BCUT2D eigenvalue weighted by Crippen LogP contribution is -2.27. The Morgan fingerprint density at radius 3 is 2.39 bits per heavy atom. The summed E-state index contributed by atoms with van der Waals surface area (Å²) in [5.74, 6) is 0. The van der Waals surface area contributed by atoms with E-state index in [0.717, 1.165) is 11.1 Å². The van der Waals surface area contributed by atoms with Crippen LogP contribution in [0.25, 0.3) is 11.1 Å². The average Bonchev–Trinajstić information content (AvgIpc) is 2.42. The van der Waals surface area contributed by atoms with Crippen molar-refractivity contribution in [1.82, 2.24) is 0 Å². The Hall–Kier alpha value is -2.49. The van der Waals surface area contributed by atoms with E-state index in [0.29, 0.717) is 11.4 Å². The first-order valence-corrected chi connectivity index (χ1v) is 7.63. The maximum Gasteiger partial charge on any atom is 0.412 e. The highest BCUT2D eigenvalue weighted by atomic mass is 16.6. The Morgan fingerprint density at radius 1 is 1.09 bits per heavy atom.